The topological polar surface area (TPSA) is 58.9 Å². The van der Waals surface area contributed by atoms with Gasteiger partial charge in [0.25, 0.3) is 0 Å². The summed E-state index contributed by atoms with van der Waals surface area (Å²) < 4.78 is 75.9. The number of terminal acetylenes is 1. The van der Waals surface area contributed by atoms with Crippen molar-refractivity contribution >= 4 is 28.5 Å². The van der Waals surface area contributed by atoms with Crippen molar-refractivity contribution in [2.24, 2.45) is 0 Å². The zero-order chi connectivity index (χ0) is 18.7. The van der Waals surface area contributed by atoms with E-state index in [1.54, 1.807) is 0 Å². The first-order chi connectivity index (χ1) is 10.8. The number of benzene rings is 1. The molecule has 1 atom stereocenters. The maximum atomic E-state index is 13.6. The van der Waals surface area contributed by atoms with Gasteiger partial charge in [0.15, 0.2) is 0 Å². The Bertz CT molecular complexity index is 636. The maximum absolute atomic E-state index is 13.6. The monoisotopic (exact) mass is 414 g/mol. The van der Waals surface area contributed by atoms with Crippen molar-refractivity contribution in [2.75, 3.05) is 13.2 Å². The molecule has 0 aromatic heterocycles. The third kappa shape index (κ3) is 5.97. The van der Waals surface area contributed by atoms with Crippen LogP contribution in [0.3, 0.4) is 0 Å². The van der Waals surface area contributed by atoms with Crippen molar-refractivity contribution in [3.8, 4) is 12.3 Å². The average molecular weight is 415 g/mol. The molecule has 24 heavy (non-hydrogen) atoms. The molecule has 0 aliphatic rings. The molecule has 0 fully saturated rings. The fourth-order valence-electron chi connectivity index (χ4n) is 1.68. The van der Waals surface area contributed by atoms with Gasteiger partial charge in [0, 0.05) is 0 Å². The number of halogens is 7. The molecule has 4 nitrogen and oxygen atoms in total. The molecule has 0 spiro atoms. The summed E-state index contributed by atoms with van der Waals surface area (Å²) in [4.78, 5) is 18.6. The van der Waals surface area contributed by atoms with E-state index in [1.807, 2.05) is 5.92 Å². The zero-order valence-corrected chi connectivity index (χ0v) is 14.0. The van der Waals surface area contributed by atoms with Crippen molar-refractivity contribution < 1.29 is 41.0 Å². The fraction of sp³-hybridized carbons (Fsp3) is 0.333. The summed E-state index contributed by atoms with van der Waals surface area (Å²) >= 11 is 10.2. The summed E-state index contributed by atoms with van der Waals surface area (Å²) in [5.74, 6) is -14.5. The molecule has 2 N–H and O–H groups in total. The molecule has 136 valence electrons. The van der Waals surface area contributed by atoms with Crippen LogP contribution in [0.15, 0.2) is 0 Å². The molecular formula is C12H10Cl2F5O4P. The van der Waals surface area contributed by atoms with Crippen LogP contribution in [0.2, 0.25) is 0 Å². The molecule has 0 aliphatic carbocycles. The Hall–Kier alpha value is -0.720. The van der Waals surface area contributed by atoms with Gasteiger partial charge in [-0.1, -0.05) is 0 Å². The molecule has 1 rings (SSSR count). The first-order valence-electron chi connectivity index (χ1n) is 5.99. The van der Waals surface area contributed by atoms with E-state index in [2.05, 4.69) is 4.52 Å². The fourth-order valence-corrected chi connectivity index (χ4v) is 2.98. The van der Waals surface area contributed by atoms with E-state index >= 15 is 0 Å². The molecule has 0 radical (unpaired) electrons. The minimum absolute atomic E-state index is 0.311. The van der Waals surface area contributed by atoms with Gasteiger partial charge in [0.05, 0.1) is 0 Å². The molecule has 12 heteroatoms. The van der Waals surface area contributed by atoms with E-state index in [0.29, 0.717) is 0 Å². The predicted octanol–water partition coefficient (Wildman–Crippen LogP) is 3.55. The van der Waals surface area contributed by atoms with Gasteiger partial charge in [0.1, 0.15) is 0 Å². The van der Waals surface area contributed by atoms with E-state index in [4.69, 9.17) is 33.6 Å². The number of hydrogen-bond acceptors (Lipinski definition) is 4. The Labute approximate surface area is 142 Å². The number of hydrogen-bond donors (Lipinski definition) is 2. The van der Waals surface area contributed by atoms with Gasteiger partial charge >= 0.3 is 142 Å². The van der Waals surface area contributed by atoms with E-state index in [1.165, 1.54) is 0 Å². The van der Waals surface area contributed by atoms with Gasteiger partial charge in [-0.3, -0.25) is 0 Å². The van der Waals surface area contributed by atoms with E-state index in [9.17, 15) is 31.7 Å². The molecule has 0 heterocycles. The first kappa shape index (κ1) is 21.3. The van der Waals surface area contributed by atoms with Crippen molar-refractivity contribution in [3.05, 3.63) is 34.6 Å². The van der Waals surface area contributed by atoms with E-state index in [0.717, 1.165) is 0 Å². The molecule has 0 saturated carbocycles. The Morgan fingerprint density at radius 3 is 1.88 bits per heavy atom. The van der Waals surface area contributed by atoms with Crippen LogP contribution in [-0.4, -0.2) is 29.1 Å². The van der Waals surface area contributed by atoms with Gasteiger partial charge in [-0.15, -0.1) is 0 Å². The molecule has 0 bridgehead atoms. The van der Waals surface area contributed by atoms with Crippen LogP contribution in [0.1, 0.15) is 5.56 Å². The van der Waals surface area contributed by atoms with Crippen LogP contribution in [0.5, 0.6) is 0 Å². The standard InChI is InChI=1S/C12H10Cl2F5O4P/c1-2-3-22-5-6(23-24(13,14,20)21)4-7-8(15)10(17)12(19)11(18)9(7)16/h1,6,20-21H,3-5H2. The van der Waals surface area contributed by atoms with Gasteiger partial charge in [-0.2, -0.15) is 0 Å². The SMILES string of the molecule is C#CCOCC(Cc1c(F)c(F)c(F)c(F)c1F)OP(O)(O)(Cl)Cl. The summed E-state index contributed by atoms with van der Waals surface area (Å²) in [6.45, 7) is -0.934. The second-order valence-electron chi connectivity index (χ2n) is 4.46. The second kappa shape index (κ2) is 7.67. The van der Waals surface area contributed by atoms with Gasteiger partial charge in [-0.25, -0.2) is 0 Å². The van der Waals surface area contributed by atoms with Crippen molar-refractivity contribution in [1.82, 2.24) is 0 Å². The van der Waals surface area contributed by atoms with Gasteiger partial charge in [0.2, 0.25) is 0 Å². The van der Waals surface area contributed by atoms with Crippen LogP contribution in [0, 0.1) is 41.4 Å². The van der Waals surface area contributed by atoms with Crippen LogP contribution >= 0.6 is 28.5 Å². The molecular weight excluding hydrogens is 405 g/mol. The Kier molecular flexibility index (Phi) is 6.81. The second-order valence-corrected chi connectivity index (χ2v) is 10.4. The number of ether oxygens (including phenoxy) is 1. The quantitative estimate of drug-likeness (QED) is 0.179. The normalized spacial score (nSPS) is 14.8. The average Bonchev–Trinajstić information content (AvgIpc) is 2.45. The van der Waals surface area contributed by atoms with Crippen LogP contribution in [-0.2, 0) is 15.7 Å². The molecule has 1 unspecified atom stereocenters. The molecule has 0 amide bonds. The van der Waals surface area contributed by atoms with Gasteiger partial charge in [-0.05, 0) is 0 Å². The molecule has 0 saturated heterocycles. The van der Waals surface area contributed by atoms with E-state index in [-0.39, 0.29) is 6.61 Å². The van der Waals surface area contributed by atoms with Crippen LogP contribution in [0.25, 0.3) is 0 Å². The molecule has 1 aromatic rings. The first-order valence-corrected chi connectivity index (χ1v) is 9.86. The van der Waals surface area contributed by atoms with Crippen molar-refractivity contribution in [3.63, 3.8) is 0 Å². The summed E-state index contributed by atoms with van der Waals surface area (Å²) in [6.07, 6.45) is 2.21. The minimum atomic E-state index is -5.67. The van der Waals surface area contributed by atoms with Crippen molar-refractivity contribution in [1.29, 1.82) is 0 Å². The van der Waals surface area contributed by atoms with Gasteiger partial charge < -0.3 is 0 Å². The van der Waals surface area contributed by atoms with E-state index < -0.39 is 59.8 Å². The summed E-state index contributed by atoms with van der Waals surface area (Å²) in [6, 6.07) is 0. The summed E-state index contributed by atoms with van der Waals surface area (Å²) in [5.41, 5.74) is -1.27. The Morgan fingerprint density at radius 2 is 1.46 bits per heavy atom. The number of rotatable bonds is 7. The zero-order valence-electron chi connectivity index (χ0n) is 11.6. The summed E-state index contributed by atoms with van der Waals surface area (Å²) in [5, 5.41) is 0. The summed E-state index contributed by atoms with van der Waals surface area (Å²) in [7, 11) is 0. The Balaban J connectivity index is 3.17. The Morgan fingerprint density at radius 1 is 1.00 bits per heavy atom. The third-order valence-electron chi connectivity index (χ3n) is 2.54. The molecule has 0 aliphatic heterocycles. The van der Waals surface area contributed by atoms with Crippen LogP contribution in [0.4, 0.5) is 22.0 Å². The van der Waals surface area contributed by atoms with Crippen molar-refractivity contribution in [2.45, 2.75) is 12.5 Å². The predicted molar refractivity (Wildman–Crippen MR) is 77.5 cm³/mol. The van der Waals surface area contributed by atoms with Crippen LogP contribution < -0.4 is 0 Å². The third-order valence-corrected chi connectivity index (χ3v) is 3.67. The molecule has 1 aromatic carbocycles.